The fourth-order valence-electron chi connectivity index (χ4n) is 2.13. The van der Waals surface area contributed by atoms with E-state index in [2.05, 4.69) is 36.9 Å². The molecule has 1 aromatic carbocycles. The number of aryl methyl sites for hydroxylation is 2. The molecule has 0 saturated heterocycles. The maximum atomic E-state index is 2.47. The number of benzene rings is 1. The second-order valence-corrected chi connectivity index (χ2v) is 3.82. The molecular formula is C14H23N. The van der Waals surface area contributed by atoms with Gasteiger partial charge in [0.2, 0.25) is 0 Å². The van der Waals surface area contributed by atoms with Crippen molar-refractivity contribution in [2.75, 3.05) is 18.0 Å². The first kappa shape index (κ1) is 12.1. The van der Waals surface area contributed by atoms with Gasteiger partial charge in [-0.15, -0.1) is 0 Å². The Kier molecular flexibility index (Phi) is 4.67. The van der Waals surface area contributed by atoms with Crippen LogP contribution in [0.4, 0.5) is 5.69 Å². The van der Waals surface area contributed by atoms with Crippen molar-refractivity contribution in [1.82, 2.24) is 0 Å². The molecule has 0 unspecified atom stereocenters. The summed E-state index contributed by atoms with van der Waals surface area (Å²) in [6.45, 7) is 10.8. The average Bonchev–Trinajstić information content (AvgIpc) is 2.30. The van der Waals surface area contributed by atoms with Crippen molar-refractivity contribution in [2.24, 2.45) is 0 Å². The normalized spacial score (nSPS) is 14.0. The van der Waals surface area contributed by atoms with Crippen LogP contribution < -0.4 is 4.90 Å². The first-order valence-corrected chi connectivity index (χ1v) is 6.15. The first-order chi connectivity index (χ1) is 7.31. The van der Waals surface area contributed by atoms with Crippen LogP contribution in [0.25, 0.3) is 0 Å². The van der Waals surface area contributed by atoms with Crippen molar-refractivity contribution < 1.29 is 0 Å². The summed E-state index contributed by atoms with van der Waals surface area (Å²) in [5.41, 5.74) is 4.38. The van der Waals surface area contributed by atoms with E-state index in [1.54, 1.807) is 0 Å². The van der Waals surface area contributed by atoms with Crippen LogP contribution in [0.5, 0.6) is 0 Å². The SMILES string of the molecule is CC.CCN1CCCc2cc(C)ccc21. The summed E-state index contributed by atoms with van der Waals surface area (Å²) in [4.78, 5) is 2.47. The molecule has 1 nitrogen and oxygen atoms in total. The second kappa shape index (κ2) is 5.79. The van der Waals surface area contributed by atoms with E-state index in [0.717, 1.165) is 6.54 Å². The number of anilines is 1. The zero-order chi connectivity index (χ0) is 11.3. The van der Waals surface area contributed by atoms with Crippen molar-refractivity contribution in [1.29, 1.82) is 0 Å². The van der Waals surface area contributed by atoms with Crippen molar-refractivity contribution in [3.8, 4) is 0 Å². The number of hydrogen-bond donors (Lipinski definition) is 0. The Hall–Kier alpha value is -0.980. The van der Waals surface area contributed by atoms with Crippen molar-refractivity contribution >= 4 is 5.69 Å². The van der Waals surface area contributed by atoms with Gasteiger partial charge in [0.05, 0.1) is 0 Å². The van der Waals surface area contributed by atoms with E-state index in [1.165, 1.54) is 36.2 Å². The van der Waals surface area contributed by atoms with Gasteiger partial charge in [0.1, 0.15) is 0 Å². The summed E-state index contributed by atoms with van der Waals surface area (Å²) >= 11 is 0. The molecule has 0 amide bonds. The molecule has 0 fully saturated rings. The van der Waals surface area contributed by atoms with E-state index < -0.39 is 0 Å². The minimum atomic E-state index is 1.13. The Bertz CT molecular complexity index is 304. The van der Waals surface area contributed by atoms with Crippen LogP contribution in [0.2, 0.25) is 0 Å². The fourth-order valence-corrected chi connectivity index (χ4v) is 2.13. The van der Waals surface area contributed by atoms with Gasteiger partial charge in [-0.3, -0.25) is 0 Å². The average molecular weight is 205 g/mol. The van der Waals surface area contributed by atoms with Crippen LogP contribution in [-0.2, 0) is 6.42 Å². The van der Waals surface area contributed by atoms with Gasteiger partial charge >= 0.3 is 0 Å². The lowest BCUT2D eigenvalue weighted by Crippen LogP contribution is -2.28. The van der Waals surface area contributed by atoms with E-state index in [-0.39, 0.29) is 0 Å². The number of rotatable bonds is 1. The molecule has 1 aliphatic heterocycles. The number of nitrogens with zero attached hydrogens (tertiary/aromatic N) is 1. The molecule has 0 N–H and O–H groups in total. The molecule has 1 aromatic rings. The summed E-state index contributed by atoms with van der Waals surface area (Å²) in [7, 11) is 0. The number of hydrogen-bond acceptors (Lipinski definition) is 1. The van der Waals surface area contributed by atoms with E-state index in [1.807, 2.05) is 13.8 Å². The van der Waals surface area contributed by atoms with E-state index >= 15 is 0 Å². The van der Waals surface area contributed by atoms with Crippen molar-refractivity contribution in [2.45, 2.75) is 40.5 Å². The highest BCUT2D eigenvalue weighted by molar-refractivity contribution is 5.56. The predicted molar refractivity (Wildman–Crippen MR) is 68.7 cm³/mol. The van der Waals surface area contributed by atoms with E-state index in [9.17, 15) is 0 Å². The lowest BCUT2D eigenvalue weighted by molar-refractivity contribution is 0.707. The summed E-state index contributed by atoms with van der Waals surface area (Å²) < 4.78 is 0. The lowest BCUT2D eigenvalue weighted by Gasteiger charge is -2.30. The Labute approximate surface area is 94.1 Å². The van der Waals surface area contributed by atoms with Gasteiger partial charge in [0.15, 0.2) is 0 Å². The summed E-state index contributed by atoms with van der Waals surface area (Å²) in [6.07, 6.45) is 2.57. The minimum Gasteiger partial charge on any atom is -0.372 e. The van der Waals surface area contributed by atoms with Gasteiger partial charge in [-0.1, -0.05) is 31.5 Å². The van der Waals surface area contributed by atoms with Crippen molar-refractivity contribution in [3.05, 3.63) is 29.3 Å². The van der Waals surface area contributed by atoms with Gasteiger partial charge in [0.25, 0.3) is 0 Å². The molecule has 1 aliphatic rings. The first-order valence-electron chi connectivity index (χ1n) is 6.15. The molecule has 0 spiro atoms. The van der Waals surface area contributed by atoms with Crippen LogP contribution >= 0.6 is 0 Å². The van der Waals surface area contributed by atoms with Crippen LogP contribution in [0.3, 0.4) is 0 Å². The van der Waals surface area contributed by atoms with Gasteiger partial charge in [0, 0.05) is 18.8 Å². The molecule has 15 heavy (non-hydrogen) atoms. The minimum absolute atomic E-state index is 1.13. The highest BCUT2D eigenvalue weighted by atomic mass is 15.1. The Morgan fingerprint density at radius 3 is 2.67 bits per heavy atom. The molecule has 0 bridgehead atoms. The van der Waals surface area contributed by atoms with E-state index in [4.69, 9.17) is 0 Å². The second-order valence-electron chi connectivity index (χ2n) is 3.82. The van der Waals surface area contributed by atoms with E-state index in [0.29, 0.717) is 0 Å². The molecule has 0 saturated carbocycles. The predicted octanol–water partition coefficient (Wildman–Crippen LogP) is 3.79. The quantitative estimate of drug-likeness (QED) is 0.674. The highest BCUT2D eigenvalue weighted by Gasteiger charge is 2.14. The van der Waals surface area contributed by atoms with Gasteiger partial charge in [-0.2, -0.15) is 0 Å². The molecule has 1 heteroatoms. The van der Waals surface area contributed by atoms with Crippen LogP contribution in [0, 0.1) is 6.92 Å². The van der Waals surface area contributed by atoms with Crippen molar-refractivity contribution in [3.63, 3.8) is 0 Å². The molecular weight excluding hydrogens is 182 g/mol. The smallest absolute Gasteiger partial charge is 0.0398 e. The Morgan fingerprint density at radius 1 is 1.27 bits per heavy atom. The van der Waals surface area contributed by atoms with Gasteiger partial charge < -0.3 is 4.90 Å². The van der Waals surface area contributed by atoms with Gasteiger partial charge in [-0.25, -0.2) is 0 Å². The molecule has 2 rings (SSSR count). The topological polar surface area (TPSA) is 3.24 Å². The lowest BCUT2D eigenvalue weighted by atomic mass is 10.00. The third kappa shape index (κ3) is 2.74. The summed E-state index contributed by atoms with van der Waals surface area (Å²) in [5.74, 6) is 0. The highest BCUT2D eigenvalue weighted by Crippen LogP contribution is 2.27. The molecule has 0 aromatic heterocycles. The summed E-state index contributed by atoms with van der Waals surface area (Å²) in [6, 6.07) is 6.82. The molecule has 1 heterocycles. The van der Waals surface area contributed by atoms with Crippen LogP contribution in [-0.4, -0.2) is 13.1 Å². The maximum absolute atomic E-state index is 2.47. The zero-order valence-electron chi connectivity index (χ0n) is 10.5. The number of fused-ring (bicyclic) bond motifs is 1. The molecule has 0 atom stereocenters. The molecule has 84 valence electrons. The molecule has 0 aliphatic carbocycles. The maximum Gasteiger partial charge on any atom is 0.0398 e. The van der Waals surface area contributed by atoms with Crippen LogP contribution in [0.1, 0.15) is 38.3 Å². The monoisotopic (exact) mass is 205 g/mol. The molecule has 0 radical (unpaired) electrons. The Balaban J connectivity index is 0.000000531. The fraction of sp³-hybridized carbons (Fsp3) is 0.571. The third-order valence-corrected chi connectivity index (χ3v) is 2.83. The zero-order valence-corrected chi connectivity index (χ0v) is 10.5. The van der Waals surface area contributed by atoms with Gasteiger partial charge in [-0.05, 0) is 38.3 Å². The van der Waals surface area contributed by atoms with Crippen LogP contribution in [0.15, 0.2) is 18.2 Å². The largest absolute Gasteiger partial charge is 0.372 e. The third-order valence-electron chi connectivity index (χ3n) is 2.83. The summed E-state index contributed by atoms with van der Waals surface area (Å²) in [5, 5.41) is 0. The Morgan fingerprint density at radius 2 is 2.00 bits per heavy atom. The standard InChI is InChI=1S/C12H17N.C2H6/c1-3-13-8-4-5-11-9-10(2)6-7-12(11)13;1-2/h6-7,9H,3-5,8H2,1-2H3;1-2H3.